The number of aliphatic hydroxyl groups is 1. The maximum Gasteiger partial charge on any atom is 0.295 e. The average molecular weight is 505 g/mol. The maximum absolute atomic E-state index is 13.4. The molecule has 2 heterocycles. The van der Waals surface area contributed by atoms with Gasteiger partial charge in [-0.2, -0.15) is 5.10 Å². The van der Waals surface area contributed by atoms with Gasteiger partial charge in [0.25, 0.3) is 11.7 Å². The first-order valence-corrected chi connectivity index (χ1v) is 12.0. The van der Waals surface area contributed by atoms with Crippen molar-refractivity contribution in [2.45, 2.75) is 19.4 Å². The summed E-state index contributed by atoms with van der Waals surface area (Å²) in [5, 5.41) is 16.0. The molecule has 4 rings (SSSR count). The number of hydrogen-bond donors (Lipinski definition) is 1. The third-order valence-electron chi connectivity index (χ3n) is 6.54. The van der Waals surface area contributed by atoms with Crippen LogP contribution in [0.15, 0.2) is 60.3 Å². The Hall–Kier alpha value is -4.11. The van der Waals surface area contributed by atoms with E-state index in [9.17, 15) is 14.7 Å². The van der Waals surface area contributed by atoms with Crippen LogP contribution in [0.2, 0.25) is 0 Å². The molecule has 1 atom stereocenters. The molecular weight excluding hydrogens is 472 g/mol. The number of methoxy groups -OCH3 is 2. The first kappa shape index (κ1) is 26.0. The second-order valence-electron chi connectivity index (χ2n) is 9.15. The Balaban J connectivity index is 1.88. The molecule has 194 valence electrons. The number of ketones is 1. The van der Waals surface area contributed by atoms with Gasteiger partial charge in [-0.15, -0.1) is 0 Å². The number of aliphatic hydroxyl groups excluding tert-OH is 1. The number of ether oxygens (including phenoxy) is 2. The van der Waals surface area contributed by atoms with Gasteiger partial charge < -0.3 is 24.4 Å². The van der Waals surface area contributed by atoms with Crippen molar-refractivity contribution < 1.29 is 24.2 Å². The molecule has 0 aliphatic carbocycles. The SMILES string of the molecule is COc1ccc(OC)c([C@H]2/C(=C(\O)c3cnn(-c4ccccc4)c3C)C(=O)C(=O)N2CCCN(C)C)c1. The highest BCUT2D eigenvalue weighted by atomic mass is 16.5. The van der Waals surface area contributed by atoms with Gasteiger partial charge in [-0.25, -0.2) is 4.68 Å². The highest BCUT2D eigenvalue weighted by Crippen LogP contribution is 2.44. The van der Waals surface area contributed by atoms with E-state index in [0.717, 1.165) is 12.2 Å². The topological polar surface area (TPSA) is 97.1 Å². The van der Waals surface area contributed by atoms with E-state index in [1.807, 2.05) is 56.3 Å². The Morgan fingerprint density at radius 1 is 1.08 bits per heavy atom. The van der Waals surface area contributed by atoms with Gasteiger partial charge in [-0.3, -0.25) is 9.59 Å². The standard InChI is InChI=1S/C28H32N4O5/c1-18-22(17-29-32(18)19-10-7-6-8-11-19)26(33)24-25(21-16-20(36-4)12-13-23(21)37-5)31(28(35)27(24)34)15-9-14-30(2)3/h6-8,10-13,16-17,25,33H,9,14-15H2,1-5H3/b26-24+/t25-/m0/s1. The summed E-state index contributed by atoms with van der Waals surface area (Å²) in [6.07, 6.45) is 2.16. The molecule has 2 aromatic carbocycles. The second kappa shape index (κ2) is 10.9. The first-order chi connectivity index (χ1) is 17.8. The lowest BCUT2D eigenvalue weighted by Gasteiger charge is -2.27. The van der Waals surface area contributed by atoms with E-state index < -0.39 is 17.7 Å². The Kier molecular flexibility index (Phi) is 7.63. The lowest BCUT2D eigenvalue weighted by molar-refractivity contribution is -0.140. The van der Waals surface area contributed by atoms with Crippen LogP contribution in [-0.4, -0.2) is 77.8 Å². The second-order valence-corrected chi connectivity index (χ2v) is 9.15. The van der Waals surface area contributed by atoms with Crippen molar-refractivity contribution in [1.82, 2.24) is 19.6 Å². The van der Waals surface area contributed by atoms with Gasteiger partial charge in [0.2, 0.25) is 0 Å². The van der Waals surface area contributed by atoms with E-state index in [4.69, 9.17) is 9.47 Å². The molecule has 1 saturated heterocycles. The quantitative estimate of drug-likeness (QED) is 0.270. The summed E-state index contributed by atoms with van der Waals surface area (Å²) in [5.74, 6) is -0.661. The largest absolute Gasteiger partial charge is 0.507 e. The Bertz CT molecular complexity index is 1330. The summed E-state index contributed by atoms with van der Waals surface area (Å²) in [6.45, 7) is 2.87. The van der Waals surface area contributed by atoms with Gasteiger partial charge in [0.05, 0.1) is 49.0 Å². The van der Waals surface area contributed by atoms with E-state index in [-0.39, 0.29) is 11.3 Å². The van der Waals surface area contributed by atoms with Crippen molar-refractivity contribution in [3.63, 3.8) is 0 Å². The van der Waals surface area contributed by atoms with E-state index >= 15 is 0 Å². The van der Waals surface area contributed by atoms with Gasteiger partial charge in [0, 0.05) is 12.1 Å². The molecule has 0 saturated carbocycles. The van der Waals surface area contributed by atoms with E-state index in [2.05, 4.69) is 5.10 Å². The van der Waals surface area contributed by atoms with Crippen LogP contribution < -0.4 is 9.47 Å². The molecule has 3 aromatic rings. The molecule has 1 aliphatic rings. The molecule has 37 heavy (non-hydrogen) atoms. The number of nitrogens with zero attached hydrogens (tertiary/aromatic N) is 4. The van der Waals surface area contributed by atoms with Crippen LogP contribution in [0.1, 0.15) is 29.3 Å². The number of rotatable bonds is 9. The molecule has 0 spiro atoms. The predicted molar refractivity (Wildman–Crippen MR) is 140 cm³/mol. The van der Waals surface area contributed by atoms with Crippen LogP contribution in [-0.2, 0) is 9.59 Å². The smallest absolute Gasteiger partial charge is 0.295 e. The predicted octanol–water partition coefficient (Wildman–Crippen LogP) is 3.57. The highest BCUT2D eigenvalue weighted by molar-refractivity contribution is 6.46. The highest BCUT2D eigenvalue weighted by Gasteiger charge is 2.47. The lowest BCUT2D eigenvalue weighted by atomic mass is 9.94. The van der Waals surface area contributed by atoms with E-state index in [0.29, 0.717) is 41.3 Å². The number of likely N-dealkylation sites (tertiary alicyclic amines) is 1. The molecule has 9 nitrogen and oxygen atoms in total. The summed E-state index contributed by atoms with van der Waals surface area (Å²) >= 11 is 0. The van der Waals surface area contributed by atoms with Crippen LogP contribution in [0.3, 0.4) is 0 Å². The minimum Gasteiger partial charge on any atom is -0.507 e. The summed E-state index contributed by atoms with van der Waals surface area (Å²) in [6, 6.07) is 13.8. The molecule has 0 unspecified atom stereocenters. The molecular formula is C28H32N4O5. The van der Waals surface area contributed by atoms with Crippen molar-refractivity contribution in [2.75, 3.05) is 41.4 Å². The third kappa shape index (κ3) is 4.95. The first-order valence-electron chi connectivity index (χ1n) is 12.0. The molecule has 1 aromatic heterocycles. The molecule has 1 amide bonds. The van der Waals surface area contributed by atoms with Gasteiger partial charge in [-0.05, 0) is 64.3 Å². The van der Waals surface area contributed by atoms with Crippen LogP contribution in [0, 0.1) is 6.92 Å². The zero-order valence-electron chi connectivity index (χ0n) is 21.8. The summed E-state index contributed by atoms with van der Waals surface area (Å²) in [4.78, 5) is 30.3. The molecule has 0 bridgehead atoms. The Morgan fingerprint density at radius 3 is 2.46 bits per heavy atom. The molecule has 9 heteroatoms. The number of carbonyl (C=O) groups is 2. The van der Waals surface area contributed by atoms with Crippen molar-refractivity contribution >= 4 is 17.4 Å². The number of Topliss-reactive ketones (excluding diaryl/α,β-unsaturated/α-hetero) is 1. The number of aromatic nitrogens is 2. The Morgan fingerprint density at radius 2 is 1.81 bits per heavy atom. The van der Waals surface area contributed by atoms with Gasteiger partial charge in [-0.1, -0.05) is 18.2 Å². The van der Waals surface area contributed by atoms with Crippen LogP contribution in [0.4, 0.5) is 0 Å². The maximum atomic E-state index is 13.4. The Labute approximate surface area is 216 Å². The van der Waals surface area contributed by atoms with Crippen molar-refractivity contribution in [3.8, 4) is 17.2 Å². The average Bonchev–Trinajstić information content (AvgIpc) is 3.40. The number of benzene rings is 2. The normalized spacial score (nSPS) is 17.0. The molecule has 1 fully saturated rings. The molecule has 0 radical (unpaired) electrons. The number of amides is 1. The number of hydrogen-bond acceptors (Lipinski definition) is 7. The van der Waals surface area contributed by atoms with Gasteiger partial charge >= 0.3 is 0 Å². The van der Waals surface area contributed by atoms with E-state index in [1.54, 1.807) is 30.0 Å². The van der Waals surface area contributed by atoms with Gasteiger partial charge in [0.1, 0.15) is 17.3 Å². The van der Waals surface area contributed by atoms with Gasteiger partial charge in [0.15, 0.2) is 0 Å². The number of para-hydroxylation sites is 1. The van der Waals surface area contributed by atoms with Crippen molar-refractivity contribution in [1.29, 1.82) is 0 Å². The minimum atomic E-state index is -0.855. The summed E-state index contributed by atoms with van der Waals surface area (Å²) in [7, 11) is 6.96. The fourth-order valence-electron chi connectivity index (χ4n) is 4.66. The van der Waals surface area contributed by atoms with E-state index in [1.165, 1.54) is 18.2 Å². The monoisotopic (exact) mass is 504 g/mol. The third-order valence-corrected chi connectivity index (χ3v) is 6.54. The van der Waals surface area contributed by atoms with Crippen LogP contribution >= 0.6 is 0 Å². The minimum absolute atomic E-state index is 0.00267. The lowest BCUT2D eigenvalue weighted by Crippen LogP contribution is -2.32. The zero-order chi connectivity index (χ0) is 26.7. The zero-order valence-corrected chi connectivity index (χ0v) is 21.8. The van der Waals surface area contributed by atoms with Crippen LogP contribution in [0.25, 0.3) is 11.4 Å². The number of carbonyl (C=O) groups excluding carboxylic acids is 2. The van der Waals surface area contributed by atoms with Crippen molar-refractivity contribution in [3.05, 3.63) is 77.1 Å². The summed E-state index contributed by atoms with van der Waals surface area (Å²) < 4.78 is 12.7. The van der Waals surface area contributed by atoms with Crippen LogP contribution in [0.5, 0.6) is 11.5 Å². The van der Waals surface area contributed by atoms with Crippen molar-refractivity contribution in [2.24, 2.45) is 0 Å². The molecule has 1 aliphatic heterocycles. The fourth-order valence-corrected chi connectivity index (χ4v) is 4.66. The fraction of sp³-hybridized carbons (Fsp3) is 0.321. The summed E-state index contributed by atoms with van der Waals surface area (Å²) in [5.41, 5.74) is 2.38. The molecule has 1 N–H and O–H groups in total.